The van der Waals surface area contributed by atoms with Crippen LogP contribution in [0.3, 0.4) is 0 Å². The number of ether oxygens (including phenoxy) is 1. The molecule has 1 saturated carbocycles. The second-order valence-corrected chi connectivity index (χ2v) is 11.2. The lowest BCUT2D eigenvalue weighted by molar-refractivity contribution is -0.117. The van der Waals surface area contributed by atoms with Crippen molar-refractivity contribution in [3.63, 3.8) is 0 Å². The molecule has 2 aliphatic rings. The number of sulfonamides is 1. The normalized spacial score (nSPS) is 18.3. The summed E-state index contributed by atoms with van der Waals surface area (Å²) >= 11 is 0. The van der Waals surface area contributed by atoms with E-state index in [0.717, 1.165) is 19.3 Å². The van der Waals surface area contributed by atoms with Crippen molar-refractivity contribution in [1.29, 1.82) is 0 Å². The van der Waals surface area contributed by atoms with Gasteiger partial charge in [-0.05, 0) is 37.8 Å². The van der Waals surface area contributed by atoms with Crippen LogP contribution in [0, 0.1) is 5.92 Å². The van der Waals surface area contributed by atoms with Crippen LogP contribution in [-0.2, 0) is 21.4 Å². The van der Waals surface area contributed by atoms with E-state index in [1.807, 2.05) is 5.32 Å². The van der Waals surface area contributed by atoms with Crippen molar-refractivity contribution >= 4 is 39.0 Å². The van der Waals surface area contributed by atoms with Gasteiger partial charge in [-0.1, -0.05) is 11.2 Å². The summed E-state index contributed by atoms with van der Waals surface area (Å²) in [5, 5.41) is 19.3. The number of amides is 2. The smallest absolute Gasteiger partial charge is 0.273 e. The molecule has 3 heterocycles. The summed E-state index contributed by atoms with van der Waals surface area (Å²) in [5.41, 5.74) is 0.400. The van der Waals surface area contributed by atoms with E-state index in [2.05, 4.69) is 31.0 Å². The Morgan fingerprint density at radius 3 is 2.82 bits per heavy atom. The average molecular weight is 560 g/mol. The second-order valence-electron chi connectivity index (χ2n) is 9.09. The maximum absolute atomic E-state index is 12.8. The number of carbonyl (C=O) groups is 2. The molecule has 0 spiro atoms. The Balaban J connectivity index is 1.45. The summed E-state index contributed by atoms with van der Waals surface area (Å²) in [5.74, 6) is -0.774. The summed E-state index contributed by atoms with van der Waals surface area (Å²) in [4.78, 5) is 29.4. The maximum Gasteiger partial charge on any atom is 0.273 e. The number of carbonyl (C=O) groups excluding carboxylic acids is 2. The summed E-state index contributed by atoms with van der Waals surface area (Å²) in [6, 6.07) is 6.29. The predicted molar refractivity (Wildman–Crippen MR) is 140 cm³/mol. The molecule has 2 amide bonds. The monoisotopic (exact) mass is 559 g/mol. The fraction of sp³-hybridized carbons (Fsp3) is 0.417. The number of aromatic nitrogens is 4. The van der Waals surface area contributed by atoms with Crippen LogP contribution in [0.15, 0.2) is 28.8 Å². The Labute approximate surface area is 228 Å². The topological polar surface area (TPSA) is 182 Å². The van der Waals surface area contributed by atoms with Crippen LogP contribution in [0.4, 0.5) is 17.2 Å². The number of methoxy groups -OCH3 is 1. The van der Waals surface area contributed by atoms with E-state index in [-0.39, 0.29) is 58.8 Å². The molecule has 3 N–H and O–H groups in total. The van der Waals surface area contributed by atoms with Gasteiger partial charge in [0.05, 0.1) is 36.3 Å². The Bertz CT molecular complexity index is 1610. The first-order valence-corrected chi connectivity index (χ1v) is 13.8. The van der Waals surface area contributed by atoms with Gasteiger partial charge in [0.25, 0.3) is 5.91 Å². The molecule has 2 fully saturated rings. The van der Waals surface area contributed by atoms with Crippen molar-refractivity contribution in [2.75, 3.05) is 37.0 Å². The first kappa shape index (κ1) is 22.8. The fourth-order valence-corrected chi connectivity index (χ4v) is 5.66. The summed E-state index contributed by atoms with van der Waals surface area (Å²) in [6.07, 6.45) is 2.87. The van der Waals surface area contributed by atoms with E-state index in [0.29, 0.717) is 24.2 Å². The lowest BCUT2D eigenvalue weighted by Gasteiger charge is -2.24. The van der Waals surface area contributed by atoms with Gasteiger partial charge in [0, 0.05) is 29.6 Å². The van der Waals surface area contributed by atoms with E-state index in [1.54, 1.807) is 18.2 Å². The Hall–Kier alpha value is -4.11. The Kier molecular flexibility index (Phi) is 6.41. The number of nitrogens with zero attached hydrogens (tertiary/aromatic N) is 5. The first-order chi connectivity index (χ1) is 19.9. The zero-order chi connectivity index (χ0) is 30.1. The molecular weight excluding hydrogens is 528 g/mol. The SMILES string of the molecule is [2H]C([2H])([2H])NC(=O)c1nnc(NC(=O)C2CC2)cc1Nc1cccc(-c2noc(CN3CCCCS3(=O)=O)n2)c1OC. The van der Waals surface area contributed by atoms with Crippen LogP contribution in [0.1, 0.15) is 46.2 Å². The molecule has 14 nitrogen and oxygen atoms in total. The van der Waals surface area contributed by atoms with Crippen LogP contribution in [0.25, 0.3) is 11.4 Å². The zero-order valence-corrected chi connectivity index (χ0v) is 21.7. The molecule has 1 aliphatic carbocycles. The van der Waals surface area contributed by atoms with E-state index in [9.17, 15) is 18.0 Å². The number of rotatable bonds is 9. The molecule has 206 valence electrons. The molecule has 15 heteroatoms. The molecule has 1 aromatic carbocycles. The molecule has 2 aromatic heterocycles. The van der Waals surface area contributed by atoms with Crippen molar-refractivity contribution < 1.29 is 31.4 Å². The molecular formula is C24H28N8O6S. The van der Waals surface area contributed by atoms with Crippen LogP contribution < -0.4 is 20.7 Å². The molecule has 5 rings (SSSR count). The molecule has 39 heavy (non-hydrogen) atoms. The van der Waals surface area contributed by atoms with E-state index >= 15 is 0 Å². The molecule has 0 bridgehead atoms. The molecule has 0 unspecified atom stereocenters. The van der Waals surface area contributed by atoms with E-state index in [4.69, 9.17) is 13.4 Å². The summed E-state index contributed by atoms with van der Waals surface area (Å²) in [6.45, 7) is -2.48. The van der Waals surface area contributed by atoms with Gasteiger partial charge in [-0.15, -0.1) is 10.2 Å². The Morgan fingerprint density at radius 2 is 2.08 bits per heavy atom. The number of hydrogen-bond acceptors (Lipinski definition) is 11. The second kappa shape index (κ2) is 10.9. The summed E-state index contributed by atoms with van der Waals surface area (Å²) in [7, 11) is -2.00. The van der Waals surface area contributed by atoms with Gasteiger partial charge >= 0.3 is 0 Å². The van der Waals surface area contributed by atoms with Crippen molar-refractivity contribution in [2.24, 2.45) is 5.92 Å². The van der Waals surface area contributed by atoms with Gasteiger partial charge in [-0.3, -0.25) is 9.59 Å². The maximum atomic E-state index is 12.8. The van der Waals surface area contributed by atoms with Crippen molar-refractivity contribution in [2.45, 2.75) is 32.2 Å². The lowest BCUT2D eigenvalue weighted by Crippen LogP contribution is -2.37. The van der Waals surface area contributed by atoms with E-state index in [1.165, 1.54) is 17.5 Å². The van der Waals surface area contributed by atoms with Crippen LogP contribution in [0.2, 0.25) is 0 Å². The van der Waals surface area contributed by atoms with Gasteiger partial charge in [0.15, 0.2) is 17.3 Å². The largest absolute Gasteiger partial charge is 0.494 e. The van der Waals surface area contributed by atoms with E-state index < -0.39 is 22.9 Å². The fourth-order valence-electron chi connectivity index (χ4n) is 4.12. The zero-order valence-electron chi connectivity index (χ0n) is 23.9. The highest BCUT2D eigenvalue weighted by molar-refractivity contribution is 7.89. The molecule has 3 aromatic rings. The van der Waals surface area contributed by atoms with Gasteiger partial charge in [0.1, 0.15) is 0 Å². The summed E-state index contributed by atoms with van der Waals surface area (Å²) < 4.78 is 59.2. The highest BCUT2D eigenvalue weighted by Gasteiger charge is 2.30. The number of anilines is 3. The van der Waals surface area contributed by atoms with Gasteiger partial charge in [-0.25, -0.2) is 8.42 Å². The van der Waals surface area contributed by atoms with Crippen molar-refractivity contribution in [1.82, 2.24) is 30.0 Å². The third kappa shape index (κ3) is 5.83. The highest BCUT2D eigenvalue weighted by atomic mass is 32.2. The minimum absolute atomic E-state index is 0.0393. The minimum atomic E-state index is -3.40. The van der Waals surface area contributed by atoms with Gasteiger partial charge < -0.3 is 25.2 Å². The highest BCUT2D eigenvalue weighted by Crippen LogP contribution is 2.37. The lowest BCUT2D eigenvalue weighted by atomic mass is 10.1. The molecule has 0 radical (unpaired) electrons. The number of hydrogen-bond donors (Lipinski definition) is 3. The molecule has 1 saturated heterocycles. The minimum Gasteiger partial charge on any atom is -0.494 e. The van der Waals surface area contributed by atoms with Gasteiger partial charge in [0.2, 0.25) is 27.6 Å². The van der Waals surface area contributed by atoms with Crippen LogP contribution in [-0.4, -0.2) is 71.3 Å². The number of benzene rings is 1. The van der Waals surface area contributed by atoms with Crippen molar-refractivity contribution in [3.8, 4) is 17.1 Å². The predicted octanol–water partition coefficient (Wildman–Crippen LogP) is 1.91. The molecule has 0 atom stereocenters. The number of para-hydroxylation sites is 1. The molecule has 1 aliphatic heterocycles. The Morgan fingerprint density at radius 1 is 1.23 bits per heavy atom. The van der Waals surface area contributed by atoms with Gasteiger partial charge in [-0.2, -0.15) is 9.29 Å². The average Bonchev–Trinajstić information content (AvgIpc) is 3.67. The van der Waals surface area contributed by atoms with Crippen molar-refractivity contribution in [3.05, 3.63) is 35.9 Å². The van der Waals surface area contributed by atoms with Crippen LogP contribution in [0.5, 0.6) is 5.75 Å². The standard InChI is InChI=1S/C24H28N8O6S/c1-25-24(34)20-17(12-18(29-30-20)27-23(33)14-8-9-14)26-16-7-5-6-15(21(16)37-2)22-28-19(38-31-22)13-32-10-3-4-11-39(32,35)36/h5-7,12,14H,3-4,8-11,13H2,1-2H3,(H,25,34)(H2,26,27,29,33)/i1D3. The van der Waals surface area contributed by atoms with Crippen LogP contribution >= 0.6 is 0 Å². The first-order valence-electron chi connectivity index (χ1n) is 13.7. The third-order valence-electron chi connectivity index (χ3n) is 6.28. The number of nitrogens with one attached hydrogen (secondary N) is 3. The third-order valence-corrected chi connectivity index (χ3v) is 8.19. The quantitative estimate of drug-likeness (QED) is 0.348.